The zero-order valence-electron chi connectivity index (χ0n) is 11.5. The first-order valence-electron chi connectivity index (χ1n) is 5.97. The fourth-order valence-electron chi connectivity index (χ4n) is 1.81. The van der Waals surface area contributed by atoms with Crippen molar-refractivity contribution < 1.29 is 14.3 Å². The summed E-state index contributed by atoms with van der Waals surface area (Å²) in [5.41, 5.74) is 6.16. The summed E-state index contributed by atoms with van der Waals surface area (Å²) < 4.78 is 10.5. The van der Waals surface area contributed by atoms with Gasteiger partial charge in [0.05, 0.1) is 31.1 Å². The summed E-state index contributed by atoms with van der Waals surface area (Å²) in [5.74, 6) is 0.722. The highest BCUT2D eigenvalue weighted by Gasteiger charge is 2.12. The number of nitriles is 1. The van der Waals surface area contributed by atoms with E-state index in [-0.39, 0.29) is 5.75 Å². The Morgan fingerprint density at radius 2 is 2.00 bits per heavy atom. The maximum Gasteiger partial charge on any atom is 0.227 e. The Balaban J connectivity index is 2.56. The highest BCUT2D eigenvalue weighted by molar-refractivity contribution is 8.00. The normalized spacial score (nSPS) is 10.1. The molecule has 0 unspecified atom stereocenters. The molecule has 1 aromatic heterocycles. The van der Waals surface area contributed by atoms with Gasteiger partial charge in [0.1, 0.15) is 11.1 Å². The molecule has 2 aromatic rings. The smallest absolute Gasteiger partial charge is 0.227 e. The van der Waals surface area contributed by atoms with E-state index in [2.05, 4.69) is 11.1 Å². The summed E-state index contributed by atoms with van der Waals surface area (Å²) >= 11 is 1.14. The zero-order chi connectivity index (χ0) is 15.4. The number of methoxy groups -OCH3 is 2. The summed E-state index contributed by atoms with van der Waals surface area (Å²) in [4.78, 5) is 15.3. The number of rotatable bonds is 5. The molecule has 108 valence electrons. The fraction of sp³-hybridized carbons (Fsp3) is 0.214. The predicted octanol–water partition coefficient (Wildman–Crippen LogP) is 1.70. The molecule has 7 heteroatoms. The van der Waals surface area contributed by atoms with Crippen LogP contribution >= 0.6 is 11.8 Å². The van der Waals surface area contributed by atoms with Gasteiger partial charge in [-0.25, -0.2) is 4.98 Å². The first-order chi connectivity index (χ1) is 10.1. The Labute approximate surface area is 125 Å². The molecule has 0 spiro atoms. The van der Waals surface area contributed by atoms with Gasteiger partial charge in [-0.1, -0.05) is 11.8 Å². The summed E-state index contributed by atoms with van der Waals surface area (Å²) in [7, 11) is 3.08. The highest BCUT2D eigenvalue weighted by Crippen LogP contribution is 2.33. The van der Waals surface area contributed by atoms with Crippen molar-refractivity contribution in [2.24, 2.45) is 5.73 Å². The number of nitrogens with zero attached hydrogens (tertiary/aromatic N) is 2. The van der Waals surface area contributed by atoms with E-state index in [1.165, 1.54) is 7.11 Å². The van der Waals surface area contributed by atoms with Crippen LogP contribution in [0.5, 0.6) is 11.5 Å². The zero-order valence-corrected chi connectivity index (χ0v) is 12.4. The van der Waals surface area contributed by atoms with E-state index in [0.717, 1.165) is 17.1 Å². The van der Waals surface area contributed by atoms with Gasteiger partial charge >= 0.3 is 0 Å². The second-order valence-corrected chi connectivity index (χ2v) is 5.07. The standard InChI is InChI=1S/C14H13N3O3S/c1-19-11-4-8-3-9(6-15)14(21-7-13(16)18)17-10(8)5-12(11)20-2/h3-5H,7H2,1-2H3,(H2,16,18). The second-order valence-electron chi connectivity index (χ2n) is 4.11. The van der Waals surface area contributed by atoms with E-state index < -0.39 is 5.91 Å². The van der Waals surface area contributed by atoms with Crippen molar-refractivity contribution in [1.29, 1.82) is 5.26 Å². The number of amides is 1. The van der Waals surface area contributed by atoms with Crippen LogP contribution < -0.4 is 15.2 Å². The van der Waals surface area contributed by atoms with E-state index in [0.29, 0.717) is 27.6 Å². The maximum absolute atomic E-state index is 10.9. The molecule has 0 saturated carbocycles. The molecule has 0 aliphatic carbocycles. The average Bonchev–Trinajstić information content (AvgIpc) is 2.50. The number of pyridine rings is 1. The van der Waals surface area contributed by atoms with E-state index in [4.69, 9.17) is 15.2 Å². The Morgan fingerprint density at radius 1 is 1.33 bits per heavy atom. The Morgan fingerprint density at radius 3 is 2.57 bits per heavy atom. The topological polar surface area (TPSA) is 98.2 Å². The van der Waals surface area contributed by atoms with Crippen LogP contribution in [0.3, 0.4) is 0 Å². The third-order valence-corrected chi connectivity index (χ3v) is 3.77. The van der Waals surface area contributed by atoms with Crippen LogP contribution in [0.25, 0.3) is 10.9 Å². The fourth-order valence-corrected chi connectivity index (χ4v) is 2.51. The van der Waals surface area contributed by atoms with Crippen LogP contribution in [0.15, 0.2) is 23.2 Å². The van der Waals surface area contributed by atoms with Gasteiger partial charge in [0.25, 0.3) is 0 Å². The molecule has 0 aliphatic heterocycles. The van der Waals surface area contributed by atoms with Crippen molar-refractivity contribution in [3.05, 3.63) is 23.8 Å². The maximum atomic E-state index is 10.9. The van der Waals surface area contributed by atoms with Crippen molar-refractivity contribution in [3.8, 4) is 17.6 Å². The average molecular weight is 303 g/mol. The summed E-state index contributed by atoms with van der Waals surface area (Å²) in [6, 6.07) is 7.25. The first kappa shape index (κ1) is 14.9. The van der Waals surface area contributed by atoms with Gasteiger partial charge < -0.3 is 15.2 Å². The lowest BCUT2D eigenvalue weighted by atomic mass is 10.1. The van der Waals surface area contributed by atoms with Gasteiger partial charge in [-0.3, -0.25) is 4.79 Å². The lowest BCUT2D eigenvalue weighted by Gasteiger charge is -2.10. The molecular formula is C14H13N3O3S. The van der Waals surface area contributed by atoms with Crippen LogP contribution in [0.1, 0.15) is 5.56 Å². The predicted molar refractivity (Wildman–Crippen MR) is 79.5 cm³/mol. The van der Waals surface area contributed by atoms with E-state index in [9.17, 15) is 10.1 Å². The SMILES string of the molecule is COc1cc2cc(C#N)c(SCC(N)=O)nc2cc1OC. The van der Waals surface area contributed by atoms with E-state index in [1.54, 1.807) is 25.3 Å². The van der Waals surface area contributed by atoms with Gasteiger partial charge in [-0.05, 0) is 12.1 Å². The van der Waals surface area contributed by atoms with Crippen molar-refractivity contribution in [3.63, 3.8) is 0 Å². The molecule has 1 heterocycles. The molecule has 0 atom stereocenters. The third-order valence-electron chi connectivity index (χ3n) is 2.76. The first-order valence-corrected chi connectivity index (χ1v) is 6.95. The third kappa shape index (κ3) is 3.17. The molecule has 0 aliphatic rings. The lowest BCUT2D eigenvalue weighted by molar-refractivity contribution is -0.115. The van der Waals surface area contributed by atoms with Crippen molar-refractivity contribution in [1.82, 2.24) is 4.98 Å². The Hall–Kier alpha value is -2.46. The number of fused-ring (bicyclic) bond motifs is 1. The highest BCUT2D eigenvalue weighted by atomic mass is 32.2. The van der Waals surface area contributed by atoms with Crippen LogP contribution in [-0.2, 0) is 4.79 Å². The second kappa shape index (κ2) is 6.33. The number of nitrogens with two attached hydrogens (primary N) is 1. The van der Waals surface area contributed by atoms with Gasteiger partial charge in [0.2, 0.25) is 5.91 Å². The molecule has 2 N–H and O–H groups in total. The molecule has 0 radical (unpaired) electrons. The number of hydrogen-bond donors (Lipinski definition) is 1. The molecule has 0 fully saturated rings. The summed E-state index contributed by atoms with van der Waals surface area (Å²) in [6.45, 7) is 0. The number of primary amides is 1. The number of ether oxygens (including phenoxy) is 2. The largest absolute Gasteiger partial charge is 0.493 e. The monoisotopic (exact) mass is 303 g/mol. The number of benzene rings is 1. The quantitative estimate of drug-likeness (QED) is 0.844. The van der Waals surface area contributed by atoms with E-state index in [1.807, 2.05) is 0 Å². The number of aromatic nitrogens is 1. The van der Waals surface area contributed by atoms with Crippen LogP contribution in [0.2, 0.25) is 0 Å². The number of carbonyl (C=O) groups is 1. The lowest BCUT2D eigenvalue weighted by Crippen LogP contribution is -2.13. The van der Waals surface area contributed by atoms with Gasteiger partial charge in [-0.15, -0.1) is 0 Å². The minimum absolute atomic E-state index is 0.0699. The van der Waals surface area contributed by atoms with Gasteiger partial charge in [0, 0.05) is 11.5 Å². The van der Waals surface area contributed by atoms with Crippen molar-refractivity contribution in [2.45, 2.75) is 5.03 Å². The number of carbonyl (C=O) groups excluding carboxylic acids is 1. The van der Waals surface area contributed by atoms with Crippen LogP contribution in [0.4, 0.5) is 0 Å². The minimum atomic E-state index is -0.460. The number of thioether (sulfide) groups is 1. The molecule has 0 bridgehead atoms. The summed E-state index contributed by atoms with van der Waals surface area (Å²) in [5, 5.41) is 10.4. The summed E-state index contributed by atoms with van der Waals surface area (Å²) in [6.07, 6.45) is 0. The molecule has 1 amide bonds. The van der Waals surface area contributed by atoms with Crippen LogP contribution in [0, 0.1) is 11.3 Å². The molecule has 6 nitrogen and oxygen atoms in total. The van der Waals surface area contributed by atoms with Crippen molar-refractivity contribution in [2.75, 3.05) is 20.0 Å². The number of hydrogen-bond acceptors (Lipinski definition) is 6. The molecular weight excluding hydrogens is 290 g/mol. The molecule has 1 aromatic carbocycles. The van der Waals surface area contributed by atoms with Crippen LogP contribution in [-0.4, -0.2) is 30.9 Å². The van der Waals surface area contributed by atoms with Gasteiger partial charge in [-0.2, -0.15) is 5.26 Å². The molecule has 2 rings (SSSR count). The van der Waals surface area contributed by atoms with Crippen molar-refractivity contribution >= 4 is 28.6 Å². The molecule has 21 heavy (non-hydrogen) atoms. The Bertz CT molecular complexity index is 740. The minimum Gasteiger partial charge on any atom is -0.493 e. The van der Waals surface area contributed by atoms with Gasteiger partial charge in [0.15, 0.2) is 11.5 Å². The van der Waals surface area contributed by atoms with E-state index >= 15 is 0 Å². The Kier molecular flexibility index (Phi) is 4.50. The molecule has 0 saturated heterocycles.